The van der Waals surface area contributed by atoms with Crippen molar-refractivity contribution in [2.75, 3.05) is 19.6 Å². The Bertz CT molecular complexity index is 327. The molecule has 1 N–H and O–H groups in total. The topological polar surface area (TPSA) is 51.5 Å². The number of methoxy groups -OCH3 is 1. The second-order valence-corrected chi connectivity index (χ2v) is 3.54. The van der Waals surface area contributed by atoms with Crippen LogP contribution in [0.1, 0.15) is 10.4 Å². The first kappa shape index (κ1) is 12.4. The van der Waals surface area contributed by atoms with Crippen LogP contribution in [0.25, 0.3) is 0 Å². The first-order valence-electron chi connectivity index (χ1n) is 4.27. The first-order chi connectivity index (χ1) is 7.19. The predicted octanol–water partition coefficient (Wildman–Crippen LogP) is 1.92. The lowest BCUT2D eigenvalue weighted by Gasteiger charge is -2.14. The first-order valence-corrected chi connectivity index (χ1v) is 5.19. The molecule has 1 aromatic heterocycles. The maximum Gasteiger partial charge on any atom is 0.256 e. The number of hydrogen-bond acceptors (Lipinski definition) is 3. The monoisotopic (exact) mass is 251 g/mol. The number of rotatable bonds is 5. The van der Waals surface area contributed by atoms with Crippen molar-refractivity contribution in [3.05, 3.63) is 23.1 Å². The number of alkyl halides is 1. The molecule has 1 heterocycles. The Morgan fingerprint density at radius 2 is 2.47 bits per heavy atom. The van der Waals surface area contributed by atoms with Crippen molar-refractivity contribution >= 4 is 29.1 Å². The quantitative estimate of drug-likeness (QED) is 0.814. The minimum Gasteiger partial charge on any atom is -0.452 e. The van der Waals surface area contributed by atoms with Crippen molar-refractivity contribution in [2.24, 2.45) is 0 Å². The van der Waals surface area contributed by atoms with Crippen LogP contribution in [0.5, 0.6) is 0 Å². The van der Waals surface area contributed by atoms with E-state index < -0.39 is 0 Å². The average molecular weight is 252 g/mol. The molecule has 1 amide bonds. The van der Waals surface area contributed by atoms with Gasteiger partial charge in [-0.2, -0.15) is 0 Å². The number of hydrogen-bond donors (Lipinski definition) is 1. The van der Waals surface area contributed by atoms with Gasteiger partial charge in [-0.1, -0.05) is 0 Å². The summed E-state index contributed by atoms with van der Waals surface area (Å²) >= 11 is 11.3. The van der Waals surface area contributed by atoms with E-state index in [4.69, 9.17) is 32.4 Å². The molecule has 0 spiro atoms. The summed E-state index contributed by atoms with van der Waals surface area (Å²) in [6, 6.07) is 1.26. The number of furan rings is 1. The molecular weight excluding hydrogens is 241 g/mol. The van der Waals surface area contributed by atoms with Crippen molar-refractivity contribution in [2.45, 2.75) is 6.04 Å². The van der Waals surface area contributed by atoms with Crippen LogP contribution in [0, 0.1) is 0 Å². The summed E-state index contributed by atoms with van der Waals surface area (Å²) in [7, 11) is 1.54. The van der Waals surface area contributed by atoms with Gasteiger partial charge in [0.2, 0.25) is 5.22 Å². The minimum absolute atomic E-state index is 0.0678. The summed E-state index contributed by atoms with van der Waals surface area (Å²) in [6.07, 6.45) is 1.35. The van der Waals surface area contributed by atoms with Crippen molar-refractivity contribution in [1.29, 1.82) is 0 Å². The minimum atomic E-state index is -0.323. The van der Waals surface area contributed by atoms with Gasteiger partial charge in [-0.3, -0.25) is 4.79 Å². The summed E-state index contributed by atoms with van der Waals surface area (Å²) in [5.74, 6) is -0.0499. The Balaban J connectivity index is 2.58. The van der Waals surface area contributed by atoms with Crippen LogP contribution in [0.4, 0.5) is 0 Å². The molecule has 0 radical (unpaired) electrons. The number of nitrogens with one attached hydrogen (secondary N) is 1. The van der Waals surface area contributed by atoms with Crippen LogP contribution >= 0.6 is 23.2 Å². The smallest absolute Gasteiger partial charge is 0.256 e. The van der Waals surface area contributed by atoms with E-state index >= 15 is 0 Å². The maximum absolute atomic E-state index is 11.6. The second-order valence-electron chi connectivity index (χ2n) is 2.89. The molecule has 1 aromatic rings. The van der Waals surface area contributed by atoms with Gasteiger partial charge in [0, 0.05) is 13.0 Å². The van der Waals surface area contributed by atoms with Gasteiger partial charge in [-0.05, 0) is 17.7 Å². The largest absolute Gasteiger partial charge is 0.452 e. The molecule has 1 atom stereocenters. The third-order valence-corrected chi connectivity index (χ3v) is 2.42. The van der Waals surface area contributed by atoms with E-state index in [-0.39, 0.29) is 23.0 Å². The zero-order valence-corrected chi connectivity index (χ0v) is 9.64. The van der Waals surface area contributed by atoms with Gasteiger partial charge < -0.3 is 14.5 Å². The fourth-order valence-corrected chi connectivity index (χ4v) is 1.41. The molecule has 0 aliphatic carbocycles. The summed E-state index contributed by atoms with van der Waals surface area (Å²) in [5, 5.41) is 2.74. The van der Waals surface area contributed by atoms with E-state index in [1.807, 2.05) is 0 Å². The fraction of sp³-hybridized carbons (Fsp3) is 0.444. The van der Waals surface area contributed by atoms with Crippen LogP contribution in [0.3, 0.4) is 0 Å². The number of carbonyl (C=O) groups excluding carboxylic acids is 1. The van der Waals surface area contributed by atoms with Gasteiger partial charge in [0.05, 0.1) is 24.5 Å². The molecule has 0 bridgehead atoms. The van der Waals surface area contributed by atoms with E-state index in [0.29, 0.717) is 12.2 Å². The molecule has 84 valence electrons. The molecule has 4 nitrogen and oxygen atoms in total. The van der Waals surface area contributed by atoms with Gasteiger partial charge >= 0.3 is 0 Å². The normalized spacial score (nSPS) is 12.5. The molecule has 1 unspecified atom stereocenters. The number of carbonyl (C=O) groups is 1. The third kappa shape index (κ3) is 3.41. The van der Waals surface area contributed by atoms with Crippen molar-refractivity contribution in [3.8, 4) is 0 Å². The van der Waals surface area contributed by atoms with Crippen molar-refractivity contribution in [1.82, 2.24) is 5.32 Å². The van der Waals surface area contributed by atoms with Crippen molar-refractivity contribution in [3.63, 3.8) is 0 Å². The Morgan fingerprint density at radius 3 is 2.93 bits per heavy atom. The highest BCUT2D eigenvalue weighted by molar-refractivity contribution is 6.32. The molecule has 0 aliphatic heterocycles. The van der Waals surface area contributed by atoms with Gasteiger partial charge in [0.25, 0.3) is 5.91 Å². The van der Waals surface area contributed by atoms with Gasteiger partial charge in [-0.15, -0.1) is 11.6 Å². The summed E-state index contributed by atoms with van der Waals surface area (Å²) in [6.45, 7) is 0.352. The molecule has 0 aromatic carbocycles. The Hall–Kier alpha value is -0.710. The predicted molar refractivity (Wildman–Crippen MR) is 57.6 cm³/mol. The van der Waals surface area contributed by atoms with E-state index in [0.717, 1.165) is 0 Å². The lowest BCUT2D eigenvalue weighted by Crippen LogP contribution is -2.39. The van der Waals surface area contributed by atoms with Crippen LogP contribution < -0.4 is 5.32 Å². The standard InChI is InChI=1S/C9H11Cl2NO3/c1-14-5-6(4-10)12-9(13)7-2-3-15-8(7)11/h2-3,6H,4-5H2,1H3,(H,12,13). The van der Waals surface area contributed by atoms with Crippen LogP contribution in [-0.2, 0) is 4.74 Å². The lowest BCUT2D eigenvalue weighted by molar-refractivity contribution is 0.0906. The summed E-state index contributed by atoms with van der Waals surface area (Å²) in [5.41, 5.74) is 0.294. The van der Waals surface area contributed by atoms with Crippen LogP contribution in [-0.4, -0.2) is 31.5 Å². The van der Waals surface area contributed by atoms with E-state index in [1.54, 1.807) is 0 Å². The lowest BCUT2D eigenvalue weighted by atomic mass is 10.3. The zero-order valence-electron chi connectivity index (χ0n) is 8.13. The van der Waals surface area contributed by atoms with E-state index in [1.165, 1.54) is 19.4 Å². The number of ether oxygens (including phenoxy) is 1. The third-order valence-electron chi connectivity index (χ3n) is 1.75. The Labute approximate surface area is 97.5 Å². The Morgan fingerprint density at radius 1 is 1.73 bits per heavy atom. The zero-order chi connectivity index (χ0) is 11.3. The maximum atomic E-state index is 11.6. The van der Waals surface area contributed by atoms with Crippen molar-refractivity contribution < 1.29 is 13.9 Å². The highest BCUT2D eigenvalue weighted by Gasteiger charge is 2.16. The van der Waals surface area contributed by atoms with E-state index in [9.17, 15) is 4.79 Å². The summed E-state index contributed by atoms with van der Waals surface area (Å²) in [4.78, 5) is 11.6. The van der Waals surface area contributed by atoms with E-state index in [2.05, 4.69) is 5.32 Å². The van der Waals surface area contributed by atoms with Gasteiger partial charge in [0.15, 0.2) is 0 Å². The molecular formula is C9H11Cl2NO3. The molecule has 0 aliphatic rings. The molecule has 1 rings (SSSR count). The molecule has 0 saturated heterocycles. The fourth-order valence-electron chi connectivity index (χ4n) is 1.04. The van der Waals surface area contributed by atoms with Crippen LogP contribution in [0.15, 0.2) is 16.7 Å². The number of amides is 1. The van der Waals surface area contributed by atoms with Crippen LogP contribution in [0.2, 0.25) is 5.22 Å². The highest BCUT2D eigenvalue weighted by Crippen LogP contribution is 2.16. The molecule has 6 heteroatoms. The highest BCUT2D eigenvalue weighted by atomic mass is 35.5. The van der Waals surface area contributed by atoms with Gasteiger partial charge in [-0.25, -0.2) is 0 Å². The second kappa shape index (κ2) is 6.00. The average Bonchev–Trinajstić information content (AvgIpc) is 2.63. The molecule has 15 heavy (non-hydrogen) atoms. The number of halogens is 2. The Kier molecular flexibility index (Phi) is 4.94. The summed E-state index contributed by atoms with van der Waals surface area (Å²) < 4.78 is 9.69. The molecule has 0 saturated carbocycles. The molecule has 0 fully saturated rings. The van der Waals surface area contributed by atoms with Gasteiger partial charge in [0.1, 0.15) is 0 Å². The SMILES string of the molecule is COCC(CCl)NC(=O)c1ccoc1Cl.